The number of carboxylic acids is 2. The number of Topliss-reactive ketones (excluding diaryl/α,β-unsaturated/α-hetero) is 1. The van der Waals surface area contributed by atoms with Gasteiger partial charge in [0.2, 0.25) is 0 Å². The number of hydrogen-bond acceptors (Lipinski definition) is 20. The van der Waals surface area contributed by atoms with Crippen LogP contribution in [0.4, 0.5) is 0 Å². The maximum atomic E-state index is 13.2. The summed E-state index contributed by atoms with van der Waals surface area (Å²) in [5.74, 6) is -4.11. The summed E-state index contributed by atoms with van der Waals surface area (Å²) in [5, 5.41) is 18.0. The van der Waals surface area contributed by atoms with E-state index in [2.05, 4.69) is 69.2 Å². The van der Waals surface area contributed by atoms with Crippen LogP contribution in [0.15, 0.2) is 0 Å². The number of carboxylic acid groups (broad SMARTS) is 2. The molecular formula is C66H124N2O20. The van der Waals surface area contributed by atoms with E-state index in [1.54, 1.807) is 41.5 Å². The number of ether oxygens (including phenoxy) is 10. The molecule has 0 heterocycles. The van der Waals surface area contributed by atoms with Gasteiger partial charge in [0.25, 0.3) is 0 Å². The smallest absolute Gasteiger partial charge is 0.307 e. The third kappa shape index (κ3) is 54.6. The van der Waals surface area contributed by atoms with Crippen LogP contribution in [0.1, 0.15) is 262 Å². The van der Waals surface area contributed by atoms with Gasteiger partial charge >= 0.3 is 41.8 Å². The zero-order valence-electron chi connectivity index (χ0n) is 59.2. The minimum atomic E-state index is -1.12. The monoisotopic (exact) mass is 1260 g/mol. The van der Waals surface area contributed by atoms with E-state index >= 15 is 0 Å². The van der Waals surface area contributed by atoms with Crippen LogP contribution in [0.2, 0.25) is 0 Å². The molecule has 0 radical (unpaired) electrons. The Hall–Kier alpha value is -4.32. The predicted octanol–water partition coefficient (Wildman–Crippen LogP) is 12.4. The highest BCUT2D eigenvalue weighted by atomic mass is 16.6. The molecule has 22 heteroatoms. The second-order valence-electron chi connectivity index (χ2n) is 28.0. The van der Waals surface area contributed by atoms with Gasteiger partial charge in [0, 0.05) is 84.1 Å². The van der Waals surface area contributed by atoms with Gasteiger partial charge in [-0.1, -0.05) is 27.7 Å². The van der Waals surface area contributed by atoms with Gasteiger partial charge in [-0.15, -0.1) is 0 Å². The van der Waals surface area contributed by atoms with Crippen LogP contribution in [0, 0.1) is 11.8 Å². The van der Waals surface area contributed by atoms with Crippen molar-refractivity contribution in [3.63, 3.8) is 0 Å². The maximum absolute atomic E-state index is 13.2. The third-order valence-electron chi connectivity index (χ3n) is 12.6. The molecule has 0 aromatic heterocycles. The fourth-order valence-corrected chi connectivity index (χ4v) is 7.60. The molecule has 518 valence electrons. The van der Waals surface area contributed by atoms with Crippen molar-refractivity contribution in [2.45, 2.75) is 321 Å². The number of rotatable bonds is 42. The second-order valence-corrected chi connectivity index (χ2v) is 28.0. The summed E-state index contributed by atoms with van der Waals surface area (Å²) < 4.78 is 56.7. The fraction of sp³-hybridized carbons (Fsp3) is 0.879. The lowest BCUT2D eigenvalue weighted by Gasteiger charge is -2.38. The molecular weight excluding hydrogens is 1140 g/mol. The van der Waals surface area contributed by atoms with Crippen LogP contribution < -0.4 is 0 Å². The number of ketones is 1. The molecule has 2 N–H and O–H groups in total. The van der Waals surface area contributed by atoms with Crippen molar-refractivity contribution >= 4 is 47.6 Å². The SMILES string of the molecule is CC(C)CCOC(C)(C)C.CC(C)CCOC(C)(C)C.CC(OC(=O)CCCC(=O)O)N(CCN(C(C)OC(=O)CCCC(=O)OC(C)(C)CCOC(C)(C)C)C(C)OC(=O)CCCC(=O)C(C)(C)OCCOC(C)(C)C)C(C)OC(=O)CCCC(=O)O. The van der Waals surface area contributed by atoms with Crippen LogP contribution in [-0.4, -0.2) is 172 Å². The average molecular weight is 1270 g/mol. The molecule has 4 atom stereocenters. The number of carbonyl (C=O) groups excluding carboxylic acids is 6. The maximum Gasteiger partial charge on any atom is 0.307 e. The van der Waals surface area contributed by atoms with Crippen molar-refractivity contribution < 1.29 is 95.9 Å². The number of hydrogen-bond donors (Lipinski definition) is 2. The first-order valence-corrected chi connectivity index (χ1v) is 31.7. The molecule has 0 aromatic carbocycles. The Morgan fingerprint density at radius 1 is 0.352 bits per heavy atom. The van der Waals surface area contributed by atoms with Gasteiger partial charge in [-0.25, -0.2) is 9.80 Å². The molecule has 0 rings (SSSR count). The van der Waals surface area contributed by atoms with E-state index in [0.29, 0.717) is 19.6 Å². The molecule has 0 aliphatic rings. The number of esters is 5. The van der Waals surface area contributed by atoms with Gasteiger partial charge in [-0.2, -0.15) is 0 Å². The fourth-order valence-electron chi connectivity index (χ4n) is 7.60. The van der Waals surface area contributed by atoms with Crippen molar-refractivity contribution in [3.05, 3.63) is 0 Å². The molecule has 0 fully saturated rings. The van der Waals surface area contributed by atoms with Crippen LogP contribution in [-0.2, 0) is 85.7 Å². The van der Waals surface area contributed by atoms with E-state index < -0.39 is 77.9 Å². The van der Waals surface area contributed by atoms with Gasteiger partial charge in [0.15, 0.2) is 30.7 Å². The van der Waals surface area contributed by atoms with E-state index in [4.69, 9.17) is 57.6 Å². The average Bonchev–Trinajstić information content (AvgIpc) is 3.54. The molecule has 22 nitrogen and oxygen atoms in total. The van der Waals surface area contributed by atoms with Gasteiger partial charge in [0.05, 0.1) is 42.2 Å². The Kier molecular flexibility index (Phi) is 44.2. The number of carbonyl (C=O) groups is 8. The van der Waals surface area contributed by atoms with Crippen LogP contribution >= 0.6 is 0 Å². The zero-order chi connectivity index (χ0) is 68.9. The summed E-state index contributed by atoms with van der Waals surface area (Å²) in [6.45, 7) is 48.5. The first-order chi connectivity index (χ1) is 40.1. The first kappa shape index (κ1) is 87.9. The summed E-state index contributed by atoms with van der Waals surface area (Å²) in [4.78, 5) is 103. The van der Waals surface area contributed by atoms with E-state index in [1.165, 1.54) is 23.6 Å². The van der Waals surface area contributed by atoms with E-state index in [9.17, 15) is 38.4 Å². The van der Waals surface area contributed by atoms with Crippen molar-refractivity contribution in [2.24, 2.45) is 11.8 Å². The van der Waals surface area contributed by atoms with Crippen LogP contribution in [0.5, 0.6) is 0 Å². The first-order valence-electron chi connectivity index (χ1n) is 31.7. The van der Waals surface area contributed by atoms with E-state index in [1.807, 2.05) is 41.5 Å². The minimum absolute atomic E-state index is 0.0214. The molecule has 0 saturated heterocycles. The van der Waals surface area contributed by atoms with Gasteiger partial charge in [-0.05, 0) is 189 Å². The normalized spacial score (nSPS) is 13.8. The predicted molar refractivity (Wildman–Crippen MR) is 338 cm³/mol. The lowest BCUT2D eigenvalue weighted by Crippen LogP contribution is -2.52. The Labute approximate surface area is 530 Å². The Bertz CT molecular complexity index is 1930. The molecule has 0 aliphatic heterocycles. The molecule has 0 spiro atoms. The van der Waals surface area contributed by atoms with Crippen molar-refractivity contribution in [1.29, 1.82) is 0 Å². The molecule has 4 unspecified atom stereocenters. The largest absolute Gasteiger partial charge is 0.481 e. The lowest BCUT2D eigenvalue weighted by molar-refractivity contribution is -0.192. The topological polar surface area (TPSA) is 276 Å². The van der Waals surface area contributed by atoms with E-state index in [0.717, 1.165) is 37.9 Å². The summed E-state index contributed by atoms with van der Waals surface area (Å²) in [5.41, 5.74) is -2.55. The zero-order valence-corrected chi connectivity index (χ0v) is 59.2. The Morgan fingerprint density at radius 3 is 0.932 bits per heavy atom. The van der Waals surface area contributed by atoms with Gasteiger partial charge < -0.3 is 57.6 Å². The highest BCUT2D eigenvalue weighted by Gasteiger charge is 2.33. The molecule has 0 aliphatic carbocycles. The molecule has 0 amide bonds. The molecule has 0 bridgehead atoms. The summed E-state index contributed by atoms with van der Waals surface area (Å²) in [6.07, 6.45) is -2.34. The summed E-state index contributed by atoms with van der Waals surface area (Å²) in [7, 11) is 0. The minimum Gasteiger partial charge on any atom is -0.481 e. The van der Waals surface area contributed by atoms with Crippen molar-refractivity contribution in [2.75, 3.05) is 46.1 Å². The number of aliphatic carboxylic acids is 2. The molecule has 0 aromatic rings. The Balaban J connectivity index is -0.00000304. The third-order valence-corrected chi connectivity index (χ3v) is 12.6. The van der Waals surface area contributed by atoms with Crippen LogP contribution in [0.3, 0.4) is 0 Å². The highest BCUT2D eigenvalue weighted by molar-refractivity contribution is 5.86. The Morgan fingerprint density at radius 2 is 0.625 bits per heavy atom. The quantitative estimate of drug-likeness (QED) is 0.0249. The second kappa shape index (κ2) is 44.2. The highest BCUT2D eigenvalue weighted by Crippen LogP contribution is 2.22. The van der Waals surface area contributed by atoms with Gasteiger partial charge in [0.1, 0.15) is 11.2 Å². The van der Waals surface area contributed by atoms with Crippen LogP contribution in [0.25, 0.3) is 0 Å². The molecule has 0 saturated carbocycles. The number of nitrogens with zero attached hydrogens (tertiary/aromatic N) is 2. The van der Waals surface area contributed by atoms with E-state index in [-0.39, 0.29) is 125 Å². The summed E-state index contributed by atoms with van der Waals surface area (Å²) >= 11 is 0. The standard InChI is InChI=1S/C48H84N2O18.2C9H20O/c1-33(64-40(56)22-15-19-37(51)48(13,14)63-32-31-62-46(8,9)10)49(36(4)67-43(59)25-18-26-44(60)68-47(11,12)27-30-61-45(5,6)7)28-29-50(34(2)65-41(57)23-16-20-38(52)53)35(3)66-42(58)24-17-21-39(54)55;2*1-8(2)6-7-10-9(3,4)5/h33-36H,15-32H2,1-14H3,(H,52,53)(H,54,55);2*8H,6-7H2,1-5H3. The lowest BCUT2D eigenvalue weighted by atomic mass is 9.98. The van der Waals surface area contributed by atoms with Gasteiger partial charge in [-0.3, -0.25) is 38.4 Å². The summed E-state index contributed by atoms with van der Waals surface area (Å²) in [6, 6.07) is 0. The molecule has 88 heavy (non-hydrogen) atoms. The van der Waals surface area contributed by atoms with Crippen molar-refractivity contribution in [3.8, 4) is 0 Å². The van der Waals surface area contributed by atoms with Crippen molar-refractivity contribution in [1.82, 2.24) is 9.80 Å².